The van der Waals surface area contributed by atoms with E-state index in [0.717, 1.165) is 0 Å². The summed E-state index contributed by atoms with van der Waals surface area (Å²) in [5, 5.41) is 0. The summed E-state index contributed by atoms with van der Waals surface area (Å²) in [5.41, 5.74) is 3.16. The summed E-state index contributed by atoms with van der Waals surface area (Å²) in [6, 6.07) is 14.5. The molecule has 206 valence electrons. The summed E-state index contributed by atoms with van der Waals surface area (Å²) in [5.74, 6) is 1.19. The summed E-state index contributed by atoms with van der Waals surface area (Å²) in [4.78, 5) is 11.9. The van der Waals surface area contributed by atoms with E-state index in [9.17, 15) is 0 Å². The molecule has 0 aliphatic carbocycles. The lowest BCUT2D eigenvalue weighted by molar-refractivity contribution is 0.666. The van der Waals surface area contributed by atoms with Gasteiger partial charge in [0.2, 0.25) is 0 Å². The van der Waals surface area contributed by atoms with Crippen molar-refractivity contribution in [1.29, 1.82) is 0 Å². The molecule has 0 radical (unpaired) electrons. The van der Waals surface area contributed by atoms with Gasteiger partial charge in [0.15, 0.2) is 0 Å². The molecular weight excluding hydrogens is 537 g/mol. The van der Waals surface area contributed by atoms with Crippen molar-refractivity contribution in [3.05, 3.63) is 57.3 Å². The highest BCUT2D eigenvalue weighted by molar-refractivity contribution is 7.28. The highest BCUT2D eigenvalue weighted by Crippen LogP contribution is 2.48. The minimum atomic E-state index is 0.595. The first kappa shape index (κ1) is 29.8. The molecule has 0 saturated heterocycles. The minimum absolute atomic E-state index is 0.595. The van der Waals surface area contributed by atoms with E-state index in [2.05, 4.69) is 101 Å². The van der Waals surface area contributed by atoms with Crippen LogP contribution in [0.4, 0.5) is 0 Å². The largest absolute Gasteiger partial charge is 0.139 e. The van der Waals surface area contributed by atoms with Crippen LogP contribution in [0, 0.1) is 0 Å². The molecule has 0 bridgehead atoms. The molecule has 4 rings (SSSR count). The van der Waals surface area contributed by atoms with Crippen molar-refractivity contribution in [3.63, 3.8) is 0 Å². The van der Waals surface area contributed by atoms with Gasteiger partial charge in [0, 0.05) is 39.0 Å². The average molecular weight is 583 g/mol. The van der Waals surface area contributed by atoms with Gasteiger partial charge < -0.3 is 0 Å². The molecule has 0 aliphatic heterocycles. The fourth-order valence-corrected chi connectivity index (χ4v) is 9.74. The van der Waals surface area contributed by atoms with Gasteiger partial charge in [0.05, 0.1) is 0 Å². The third-order valence-electron chi connectivity index (χ3n) is 7.30. The maximum absolute atomic E-state index is 2.55. The molecule has 0 N–H and O–H groups in total. The van der Waals surface area contributed by atoms with Gasteiger partial charge in [-0.1, -0.05) is 80.1 Å². The average Bonchev–Trinajstić information content (AvgIpc) is 3.69. The normalized spacial score (nSPS) is 11.9. The number of thiophene rings is 4. The molecule has 0 atom stereocenters. The standard InChI is InChI=1S/C34H46S4/c1-7-9-11-13-15-25-21-31(29-19-17-27(35-29)23(3)4)37-33(25)34-26(16-14-12-10-8-2)22-32(38-34)30-20-18-28(36-30)24(5)6/h17-24H,7-16H2,1-6H3. The van der Waals surface area contributed by atoms with Crippen LogP contribution in [0.2, 0.25) is 0 Å². The molecule has 0 saturated carbocycles. The lowest BCUT2D eigenvalue weighted by atomic mass is 10.0. The van der Waals surface area contributed by atoms with E-state index in [0.29, 0.717) is 11.8 Å². The van der Waals surface area contributed by atoms with Gasteiger partial charge in [-0.05, 0) is 85.0 Å². The number of rotatable bonds is 15. The summed E-state index contributed by atoms with van der Waals surface area (Å²) < 4.78 is 0. The molecule has 0 aromatic carbocycles. The van der Waals surface area contributed by atoms with E-state index in [1.165, 1.54) is 93.5 Å². The van der Waals surface area contributed by atoms with Gasteiger partial charge in [0.1, 0.15) is 0 Å². The number of unbranched alkanes of at least 4 members (excludes halogenated alkanes) is 6. The Morgan fingerprint density at radius 3 is 1.26 bits per heavy atom. The molecule has 0 nitrogen and oxygen atoms in total. The van der Waals surface area contributed by atoms with Gasteiger partial charge in [0.25, 0.3) is 0 Å². The molecule has 38 heavy (non-hydrogen) atoms. The lowest BCUT2D eigenvalue weighted by Gasteiger charge is -2.06. The molecule has 0 spiro atoms. The Hall–Kier alpha value is -1.20. The van der Waals surface area contributed by atoms with Gasteiger partial charge in [-0.2, -0.15) is 0 Å². The van der Waals surface area contributed by atoms with E-state index >= 15 is 0 Å². The number of hydrogen-bond acceptors (Lipinski definition) is 4. The van der Waals surface area contributed by atoms with Crippen molar-refractivity contribution in [2.45, 2.75) is 118 Å². The van der Waals surface area contributed by atoms with Crippen molar-refractivity contribution >= 4 is 45.3 Å². The van der Waals surface area contributed by atoms with Crippen LogP contribution in [0.25, 0.3) is 29.3 Å². The maximum atomic E-state index is 2.55. The monoisotopic (exact) mass is 582 g/mol. The van der Waals surface area contributed by atoms with E-state index in [4.69, 9.17) is 0 Å². The second-order valence-corrected chi connectivity index (χ2v) is 15.6. The van der Waals surface area contributed by atoms with E-state index in [1.807, 2.05) is 22.7 Å². The van der Waals surface area contributed by atoms with Gasteiger partial charge in [-0.15, -0.1) is 45.3 Å². The Bertz CT molecular complexity index is 1160. The Kier molecular flexibility index (Phi) is 11.3. The van der Waals surface area contributed by atoms with Crippen molar-refractivity contribution in [3.8, 4) is 29.3 Å². The smallest absolute Gasteiger partial charge is 0.0484 e. The maximum Gasteiger partial charge on any atom is 0.0484 e. The second kappa shape index (κ2) is 14.4. The fourth-order valence-electron chi connectivity index (χ4n) is 4.93. The third kappa shape index (κ3) is 7.50. The van der Waals surface area contributed by atoms with Crippen LogP contribution in [0.5, 0.6) is 0 Å². The topological polar surface area (TPSA) is 0 Å². The van der Waals surface area contributed by atoms with Crippen molar-refractivity contribution in [2.24, 2.45) is 0 Å². The zero-order valence-electron chi connectivity index (χ0n) is 24.3. The Morgan fingerprint density at radius 2 is 0.921 bits per heavy atom. The highest BCUT2D eigenvalue weighted by atomic mass is 32.1. The Balaban J connectivity index is 1.73. The first-order valence-electron chi connectivity index (χ1n) is 14.9. The second-order valence-electron chi connectivity index (χ2n) is 11.3. The van der Waals surface area contributed by atoms with Gasteiger partial charge in [-0.25, -0.2) is 0 Å². The zero-order valence-corrected chi connectivity index (χ0v) is 27.6. The molecule has 0 fully saturated rings. The molecule has 0 unspecified atom stereocenters. The van der Waals surface area contributed by atoms with Crippen LogP contribution in [0.15, 0.2) is 36.4 Å². The first-order valence-corrected chi connectivity index (χ1v) is 18.1. The molecule has 4 aromatic rings. The van der Waals surface area contributed by atoms with Gasteiger partial charge >= 0.3 is 0 Å². The highest BCUT2D eigenvalue weighted by Gasteiger charge is 2.20. The molecule has 4 heterocycles. The molecule has 0 amide bonds. The minimum Gasteiger partial charge on any atom is -0.139 e. The predicted octanol–water partition coefficient (Wildman–Crippen LogP) is 13.4. The van der Waals surface area contributed by atoms with Crippen LogP contribution in [0.1, 0.15) is 126 Å². The SMILES string of the molecule is CCCCCCc1cc(-c2ccc(C(C)C)s2)sc1-c1sc(-c2ccc(C(C)C)s2)cc1CCCCCC. The van der Waals surface area contributed by atoms with E-state index < -0.39 is 0 Å². The number of hydrogen-bond donors (Lipinski definition) is 0. The van der Waals surface area contributed by atoms with Crippen LogP contribution in [-0.2, 0) is 12.8 Å². The molecule has 4 aromatic heterocycles. The van der Waals surface area contributed by atoms with Crippen LogP contribution in [-0.4, -0.2) is 0 Å². The Labute approximate surface area is 248 Å². The Morgan fingerprint density at radius 1 is 0.500 bits per heavy atom. The summed E-state index contributed by atoms with van der Waals surface area (Å²) in [6.07, 6.45) is 13.0. The van der Waals surface area contributed by atoms with E-state index in [-0.39, 0.29) is 0 Å². The third-order valence-corrected chi connectivity index (χ3v) is 13.0. The van der Waals surface area contributed by atoms with Crippen LogP contribution in [0.3, 0.4) is 0 Å². The quantitative estimate of drug-likeness (QED) is 0.122. The molecule has 4 heteroatoms. The fraction of sp³-hybridized carbons (Fsp3) is 0.529. The summed E-state index contributed by atoms with van der Waals surface area (Å²) in [7, 11) is 0. The molecular formula is C34H46S4. The van der Waals surface area contributed by atoms with Crippen LogP contribution < -0.4 is 0 Å². The molecule has 0 aliphatic rings. The van der Waals surface area contributed by atoms with Crippen molar-refractivity contribution in [1.82, 2.24) is 0 Å². The van der Waals surface area contributed by atoms with Gasteiger partial charge in [-0.3, -0.25) is 0 Å². The lowest BCUT2D eigenvalue weighted by Crippen LogP contribution is -1.89. The predicted molar refractivity (Wildman–Crippen MR) is 178 cm³/mol. The number of aryl methyl sites for hydroxylation is 2. The first-order chi connectivity index (χ1) is 18.4. The van der Waals surface area contributed by atoms with Crippen molar-refractivity contribution < 1.29 is 0 Å². The van der Waals surface area contributed by atoms with E-state index in [1.54, 1.807) is 20.9 Å². The zero-order chi connectivity index (χ0) is 27.1. The van der Waals surface area contributed by atoms with Crippen LogP contribution >= 0.6 is 45.3 Å². The summed E-state index contributed by atoms with van der Waals surface area (Å²) in [6.45, 7) is 13.8. The van der Waals surface area contributed by atoms with Crippen molar-refractivity contribution in [2.75, 3.05) is 0 Å². The summed E-state index contributed by atoms with van der Waals surface area (Å²) >= 11 is 8.09.